The molecule has 2 saturated heterocycles. The highest BCUT2D eigenvalue weighted by molar-refractivity contribution is 6.39. The Kier molecular flexibility index (Phi) is 11.7. The van der Waals surface area contributed by atoms with Gasteiger partial charge in [0.05, 0.1) is 17.9 Å². The standard InChI is InChI=1S/C38H46F3N7O8/c1-36(2,54)30-20-43-46-48(30)26-19-29(34(52)45-37(31(49)32(42)50)12-14-55-15-13-37)47(21-26)35(53)28(16-22-6-4-3-5-7-22)44-33(51)25-9-8-24-18-27(56-38(39,40)41)11-10-23(24)17-25/h8-11,17-18,20,22,26,28-29,54H,3-7,12-16,19,21H2,1-2H3,(H2,42,50)(H,44,51)(H,45,52)/t26-,28?,29-/m0/s1. The number of carbonyl (C=O) groups is 5. The van der Waals surface area contributed by atoms with E-state index in [1.807, 2.05) is 0 Å². The fourth-order valence-corrected chi connectivity index (χ4v) is 8.10. The van der Waals surface area contributed by atoms with E-state index in [4.69, 9.17) is 10.5 Å². The Bertz CT molecular complexity index is 1970. The second-order valence-electron chi connectivity index (χ2n) is 15.4. The predicted molar refractivity (Wildman–Crippen MR) is 193 cm³/mol. The zero-order valence-electron chi connectivity index (χ0n) is 31.1. The van der Waals surface area contributed by atoms with Crippen LogP contribution in [0, 0.1) is 5.92 Å². The van der Waals surface area contributed by atoms with Crippen molar-refractivity contribution in [2.45, 2.75) is 107 Å². The minimum atomic E-state index is -4.87. The van der Waals surface area contributed by atoms with Crippen molar-refractivity contribution in [2.75, 3.05) is 19.8 Å². The summed E-state index contributed by atoms with van der Waals surface area (Å²) in [5.74, 6) is -4.41. The third kappa shape index (κ3) is 9.12. The van der Waals surface area contributed by atoms with Crippen LogP contribution < -0.4 is 21.1 Å². The van der Waals surface area contributed by atoms with E-state index in [9.17, 15) is 42.3 Å². The number of likely N-dealkylation sites (tertiary alicyclic amines) is 1. The number of carbonyl (C=O) groups excluding carboxylic acids is 5. The van der Waals surface area contributed by atoms with Gasteiger partial charge >= 0.3 is 6.36 Å². The van der Waals surface area contributed by atoms with E-state index in [0.29, 0.717) is 16.5 Å². The Morgan fingerprint density at radius 1 is 1.04 bits per heavy atom. The molecule has 0 spiro atoms. The fraction of sp³-hybridized carbons (Fsp3) is 0.553. The Morgan fingerprint density at radius 2 is 1.71 bits per heavy atom. The summed E-state index contributed by atoms with van der Waals surface area (Å²) >= 11 is 0. The molecule has 0 radical (unpaired) electrons. The largest absolute Gasteiger partial charge is 0.573 e. The number of amides is 4. The molecule has 3 fully saturated rings. The highest BCUT2D eigenvalue weighted by Gasteiger charge is 2.49. The smallest absolute Gasteiger partial charge is 0.406 e. The van der Waals surface area contributed by atoms with Gasteiger partial charge in [-0.15, -0.1) is 18.3 Å². The third-order valence-electron chi connectivity index (χ3n) is 11.0. The Morgan fingerprint density at radius 3 is 2.38 bits per heavy atom. The third-order valence-corrected chi connectivity index (χ3v) is 11.0. The van der Waals surface area contributed by atoms with Crippen LogP contribution in [0.1, 0.15) is 93.7 Å². The lowest BCUT2D eigenvalue weighted by Crippen LogP contribution is -2.64. The molecule has 3 aromatic rings. The van der Waals surface area contributed by atoms with Crippen molar-refractivity contribution in [1.29, 1.82) is 0 Å². The number of ether oxygens (including phenoxy) is 2. The molecular weight excluding hydrogens is 739 g/mol. The average molecular weight is 786 g/mol. The highest BCUT2D eigenvalue weighted by Crippen LogP contribution is 2.35. The molecule has 1 unspecified atom stereocenters. The van der Waals surface area contributed by atoms with E-state index in [1.165, 1.54) is 46.1 Å². The van der Waals surface area contributed by atoms with Gasteiger partial charge in [0.25, 0.3) is 11.8 Å². The monoisotopic (exact) mass is 785 g/mol. The number of halogens is 3. The van der Waals surface area contributed by atoms with Crippen molar-refractivity contribution in [1.82, 2.24) is 30.5 Å². The lowest BCUT2D eigenvalue weighted by Gasteiger charge is -2.37. The van der Waals surface area contributed by atoms with Gasteiger partial charge in [-0.3, -0.25) is 24.0 Å². The van der Waals surface area contributed by atoms with Crippen LogP contribution in [-0.2, 0) is 29.5 Å². The molecule has 2 aromatic carbocycles. The molecule has 3 heterocycles. The van der Waals surface area contributed by atoms with Gasteiger partial charge in [0.1, 0.15) is 29.0 Å². The van der Waals surface area contributed by atoms with E-state index < -0.39 is 70.8 Å². The summed E-state index contributed by atoms with van der Waals surface area (Å²) in [5.41, 5.74) is 2.86. The van der Waals surface area contributed by atoms with Crippen LogP contribution in [0.2, 0.25) is 0 Å². The first-order valence-corrected chi connectivity index (χ1v) is 18.7. The summed E-state index contributed by atoms with van der Waals surface area (Å²) in [6, 6.07) is 5.19. The van der Waals surface area contributed by atoms with E-state index in [0.717, 1.165) is 38.2 Å². The lowest BCUT2D eigenvalue weighted by atomic mass is 9.84. The first kappa shape index (κ1) is 40.6. The molecule has 5 N–H and O–H groups in total. The van der Waals surface area contributed by atoms with Gasteiger partial charge in [-0.25, -0.2) is 4.68 Å². The number of nitrogens with zero attached hydrogens (tertiary/aromatic N) is 4. The number of hydrogen-bond donors (Lipinski definition) is 4. The van der Waals surface area contributed by atoms with Gasteiger partial charge in [0.15, 0.2) is 0 Å². The molecule has 6 rings (SSSR count). The zero-order chi connectivity index (χ0) is 40.4. The second-order valence-corrected chi connectivity index (χ2v) is 15.4. The predicted octanol–water partition coefficient (Wildman–Crippen LogP) is 3.19. The molecular formula is C38H46F3N7O8. The summed E-state index contributed by atoms with van der Waals surface area (Å²) in [6.45, 7) is 3.18. The highest BCUT2D eigenvalue weighted by atomic mass is 19.4. The number of nitrogens with one attached hydrogen (secondary N) is 2. The number of alkyl halides is 3. The maximum atomic E-state index is 14.8. The molecule has 56 heavy (non-hydrogen) atoms. The molecule has 3 atom stereocenters. The van der Waals surface area contributed by atoms with Crippen LogP contribution in [0.3, 0.4) is 0 Å². The summed E-state index contributed by atoms with van der Waals surface area (Å²) in [6.07, 6.45) is 1.36. The number of aliphatic hydroxyl groups is 1. The van der Waals surface area contributed by atoms with Crippen molar-refractivity contribution >= 4 is 40.2 Å². The van der Waals surface area contributed by atoms with Crippen molar-refractivity contribution in [3.63, 3.8) is 0 Å². The van der Waals surface area contributed by atoms with Crippen molar-refractivity contribution in [3.05, 3.63) is 53.9 Å². The first-order valence-electron chi connectivity index (χ1n) is 18.7. The molecule has 1 saturated carbocycles. The molecule has 15 nitrogen and oxygen atoms in total. The average Bonchev–Trinajstić information content (AvgIpc) is 3.83. The van der Waals surface area contributed by atoms with Crippen LogP contribution in [0.5, 0.6) is 5.75 Å². The molecule has 3 aliphatic rings. The topological polar surface area (TPSA) is 208 Å². The molecule has 0 bridgehead atoms. The van der Waals surface area contributed by atoms with Gasteiger partial charge in [-0.05, 0) is 61.2 Å². The van der Waals surface area contributed by atoms with E-state index >= 15 is 0 Å². The summed E-state index contributed by atoms with van der Waals surface area (Å²) in [4.78, 5) is 69.7. The van der Waals surface area contributed by atoms with Gasteiger partial charge in [0.2, 0.25) is 17.6 Å². The van der Waals surface area contributed by atoms with Crippen LogP contribution >= 0.6 is 0 Å². The molecule has 302 valence electrons. The fourth-order valence-electron chi connectivity index (χ4n) is 8.10. The molecule has 2 aliphatic heterocycles. The van der Waals surface area contributed by atoms with Crippen molar-refractivity contribution < 1.29 is 51.7 Å². The van der Waals surface area contributed by atoms with Crippen LogP contribution in [0.15, 0.2) is 42.6 Å². The number of ketones is 1. The number of hydrogen-bond acceptors (Lipinski definition) is 10. The Hall–Kier alpha value is -5.10. The van der Waals surface area contributed by atoms with Gasteiger partial charge in [-0.2, -0.15) is 0 Å². The molecule has 4 amide bonds. The maximum Gasteiger partial charge on any atom is 0.573 e. The van der Waals surface area contributed by atoms with Crippen molar-refractivity contribution in [2.24, 2.45) is 11.7 Å². The van der Waals surface area contributed by atoms with E-state index in [1.54, 1.807) is 13.8 Å². The van der Waals surface area contributed by atoms with Crippen molar-refractivity contribution in [3.8, 4) is 5.75 Å². The maximum absolute atomic E-state index is 14.8. The minimum Gasteiger partial charge on any atom is -0.406 e. The number of aromatic nitrogens is 3. The van der Waals surface area contributed by atoms with Gasteiger partial charge in [-0.1, -0.05) is 49.5 Å². The Balaban J connectivity index is 1.31. The number of benzene rings is 2. The molecule has 1 aromatic heterocycles. The molecule has 1 aliphatic carbocycles. The first-order chi connectivity index (χ1) is 26.4. The normalized spacial score (nSPS) is 21.0. The number of Topliss-reactive ketones (excluding diaryl/α,β-unsaturated/α-hetero) is 1. The number of rotatable bonds is 12. The minimum absolute atomic E-state index is 0.00380. The quantitative estimate of drug-likeness (QED) is 0.197. The second kappa shape index (κ2) is 16.2. The molecule has 18 heteroatoms. The van der Waals surface area contributed by atoms with Gasteiger partial charge in [0, 0.05) is 44.6 Å². The zero-order valence-corrected chi connectivity index (χ0v) is 31.1. The number of primary amides is 1. The Labute approximate surface area is 320 Å². The van der Waals surface area contributed by atoms with Crippen LogP contribution in [0.25, 0.3) is 10.8 Å². The summed E-state index contributed by atoms with van der Waals surface area (Å²) < 4.78 is 49.3. The number of fused-ring (bicyclic) bond motifs is 1. The number of nitrogens with two attached hydrogens (primary N) is 1. The summed E-state index contributed by atoms with van der Waals surface area (Å²) in [7, 11) is 0. The summed E-state index contributed by atoms with van der Waals surface area (Å²) in [5, 5.41) is 25.5. The SMILES string of the molecule is CC(C)(O)c1cnnn1[C@H]1C[C@@H](C(=O)NC2(C(=O)C(N)=O)CCOCC2)N(C(=O)C(CC2CCCCC2)NC(=O)c2ccc3cc(OC(F)(F)F)ccc3c2)C1. The van der Waals surface area contributed by atoms with Crippen LogP contribution in [-0.4, -0.2) is 98.2 Å². The van der Waals surface area contributed by atoms with Gasteiger partial charge < -0.3 is 35.8 Å². The van der Waals surface area contributed by atoms with E-state index in [-0.39, 0.29) is 56.9 Å². The lowest BCUT2D eigenvalue weighted by molar-refractivity contribution is -0.274. The van der Waals surface area contributed by atoms with Crippen LogP contribution in [0.4, 0.5) is 13.2 Å². The van der Waals surface area contributed by atoms with E-state index in [2.05, 4.69) is 25.7 Å².